The fraction of sp³-hybridized carbons (Fsp3) is 0.625. The van der Waals surface area contributed by atoms with E-state index in [-0.39, 0.29) is 21.3 Å². The molecule has 0 saturated heterocycles. The molecule has 0 amide bonds. The lowest BCUT2D eigenvalue weighted by Crippen LogP contribution is -2.06. The maximum atomic E-state index is 12.1. The summed E-state index contributed by atoms with van der Waals surface area (Å²) in [6, 6.07) is 0. The van der Waals surface area contributed by atoms with Crippen molar-refractivity contribution < 1.29 is 16.8 Å². The molecule has 26 heavy (non-hydrogen) atoms. The minimum atomic E-state index is -3.26. The van der Waals surface area contributed by atoms with Crippen molar-refractivity contribution in [3.05, 3.63) is 24.8 Å². The number of nitrogens with zero attached hydrogens (tertiary/aromatic N) is 4. The van der Waals surface area contributed by atoms with Crippen LogP contribution in [-0.4, -0.2) is 47.9 Å². The Bertz CT molecular complexity index is 837. The van der Waals surface area contributed by atoms with Crippen LogP contribution in [0.25, 0.3) is 0 Å². The van der Waals surface area contributed by atoms with Crippen LogP contribution < -0.4 is 0 Å². The van der Waals surface area contributed by atoms with E-state index in [0.717, 1.165) is 25.7 Å². The van der Waals surface area contributed by atoms with Crippen molar-refractivity contribution in [3.63, 3.8) is 0 Å². The summed E-state index contributed by atoms with van der Waals surface area (Å²) in [5.41, 5.74) is 0. The largest absolute Gasteiger partial charge is 0.274 e. The maximum absolute atomic E-state index is 12.1. The number of rotatable bonds is 11. The van der Waals surface area contributed by atoms with Crippen molar-refractivity contribution >= 4 is 19.7 Å². The van der Waals surface area contributed by atoms with Gasteiger partial charge in [0.25, 0.3) is 0 Å². The van der Waals surface area contributed by atoms with Gasteiger partial charge in [-0.3, -0.25) is 9.36 Å². The monoisotopic (exact) mass is 402 g/mol. The van der Waals surface area contributed by atoms with Gasteiger partial charge in [-0.2, -0.15) is 10.2 Å². The molecular formula is C16H26N4O4S2. The topological polar surface area (TPSA) is 104 Å². The van der Waals surface area contributed by atoms with Crippen LogP contribution in [0.3, 0.4) is 0 Å². The molecule has 0 saturated carbocycles. The zero-order valence-corrected chi connectivity index (χ0v) is 16.8. The quantitative estimate of drug-likeness (QED) is 0.530. The number of hydrogen-bond acceptors (Lipinski definition) is 6. The molecule has 0 radical (unpaired) electrons. The van der Waals surface area contributed by atoms with E-state index >= 15 is 0 Å². The van der Waals surface area contributed by atoms with Gasteiger partial charge in [-0.05, 0) is 12.8 Å². The van der Waals surface area contributed by atoms with Crippen LogP contribution in [0, 0.1) is 0 Å². The molecular weight excluding hydrogens is 376 g/mol. The molecule has 10 heteroatoms. The minimum absolute atomic E-state index is 0.119. The lowest BCUT2D eigenvalue weighted by Gasteiger charge is -2.04. The van der Waals surface area contributed by atoms with Crippen molar-refractivity contribution in [2.75, 3.05) is 11.5 Å². The Morgan fingerprint density at radius 2 is 1.04 bits per heavy atom. The molecule has 0 fully saturated rings. The number of unbranched alkanes of at least 4 members (excludes halogenated alkanes) is 5. The van der Waals surface area contributed by atoms with Crippen LogP contribution in [0.4, 0.5) is 0 Å². The van der Waals surface area contributed by atoms with Crippen molar-refractivity contribution in [1.82, 2.24) is 19.6 Å². The SMILES string of the molecule is Cn1cc(S(=O)(=O)CCCCCCCCS(=O)(=O)c2cnn(C)c2)cn1. The average Bonchev–Trinajstić information content (AvgIpc) is 3.19. The highest BCUT2D eigenvalue weighted by atomic mass is 32.2. The van der Waals surface area contributed by atoms with E-state index in [0.29, 0.717) is 12.8 Å². The first-order valence-electron chi connectivity index (χ1n) is 8.63. The standard InChI is InChI=1S/C16H26N4O4S2/c1-19-13-15(11-17-19)25(21,22)9-7-5-3-4-6-8-10-26(23,24)16-12-18-20(2)14-16/h11-14H,3-10H2,1-2H3. The maximum Gasteiger partial charge on any atom is 0.181 e. The molecule has 0 bridgehead atoms. The summed E-state index contributed by atoms with van der Waals surface area (Å²) in [7, 11) is -3.13. The van der Waals surface area contributed by atoms with Gasteiger partial charge in [0, 0.05) is 26.5 Å². The second-order valence-corrected chi connectivity index (χ2v) is 10.7. The van der Waals surface area contributed by atoms with Crippen molar-refractivity contribution in [1.29, 1.82) is 0 Å². The summed E-state index contributed by atoms with van der Waals surface area (Å²) >= 11 is 0. The third kappa shape index (κ3) is 5.94. The summed E-state index contributed by atoms with van der Waals surface area (Å²) in [5.74, 6) is 0.238. The fourth-order valence-electron chi connectivity index (χ4n) is 2.65. The normalized spacial score (nSPS) is 12.5. The van der Waals surface area contributed by atoms with Crippen LogP contribution >= 0.6 is 0 Å². The van der Waals surface area contributed by atoms with Crippen molar-refractivity contribution in [3.8, 4) is 0 Å². The second kappa shape index (κ2) is 8.81. The smallest absolute Gasteiger partial charge is 0.181 e. The Morgan fingerprint density at radius 1 is 0.692 bits per heavy atom. The van der Waals surface area contributed by atoms with E-state index in [1.165, 1.54) is 34.2 Å². The van der Waals surface area contributed by atoms with Gasteiger partial charge in [0.05, 0.1) is 23.9 Å². The molecule has 2 rings (SSSR count). The predicted octanol–water partition coefficient (Wildman–Crippen LogP) is 1.74. The Labute approximate surface area is 155 Å². The van der Waals surface area contributed by atoms with E-state index in [4.69, 9.17) is 0 Å². The molecule has 0 spiro atoms. The fourth-order valence-corrected chi connectivity index (χ4v) is 5.33. The van der Waals surface area contributed by atoms with Crippen molar-refractivity contribution in [2.24, 2.45) is 14.1 Å². The summed E-state index contributed by atoms with van der Waals surface area (Å²) in [6.45, 7) is 0. The van der Waals surface area contributed by atoms with Crippen LogP contribution in [0.2, 0.25) is 0 Å². The van der Waals surface area contributed by atoms with Gasteiger partial charge in [-0.15, -0.1) is 0 Å². The number of aryl methyl sites for hydroxylation is 2. The Kier molecular flexibility index (Phi) is 6.99. The highest BCUT2D eigenvalue weighted by molar-refractivity contribution is 7.91. The van der Waals surface area contributed by atoms with Gasteiger partial charge >= 0.3 is 0 Å². The van der Waals surface area contributed by atoms with Crippen LogP contribution in [-0.2, 0) is 33.8 Å². The predicted molar refractivity (Wildman–Crippen MR) is 98.2 cm³/mol. The van der Waals surface area contributed by atoms with Crippen LogP contribution in [0.15, 0.2) is 34.6 Å². The average molecular weight is 403 g/mol. The van der Waals surface area contributed by atoms with Gasteiger partial charge in [0.15, 0.2) is 19.7 Å². The third-order valence-electron chi connectivity index (χ3n) is 4.16. The molecule has 146 valence electrons. The molecule has 0 aliphatic rings. The summed E-state index contributed by atoms with van der Waals surface area (Å²) in [6.07, 6.45) is 10.4. The van der Waals surface area contributed by atoms with Crippen molar-refractivity contribution in [2.45, 2.75) is 48.3 Å². The second-order valence-electron chi connectivity index (χ2n) is 6.46. The molecule has 2 heterocycles. The molecule has 2 aromatic heterocycles. The van der Waals surface area contributed by atoms with Crippen LogP contribution in [0.5, 0.6) is 0 Å². The lowest BCUT2D eigenvalue weighted by atomic mass is 10.1. The molecule has 0 aliphatic heterocycles. The van der Waals surface area contributed by atoms with E-state index < -0.39 is 19.7 Å². The molecule has 2 aromatic rings. The summed E-state index contributed by atoms with van der Waals surface area (Å²) < 4.78 is 51.4. The highest BCUT2D eigenvalue weighted by Gasteiger charge is 2.16. The highest BCUT2D eigenvalue weighted by Crippen LogP contribution is 2.15. The van der Waals surface area contributed by atoms with E-state index in [9.17, 15) is 16.8 Å². The van der Waals surface area contributed by atoms with Gasteiger partial charge in [0.1, 0.15) is 9.79 Å². The molecule has 0 N–H and O–H groups in total. The number of aromatic nitrogens is 4. The lowest BCUT2D eigenvalue weighted by molar-refractivity contribution is 0.576. The zero-order chi connectivity index (χ0) is 19.2. The molecule has 0 atom stereocenters. The molecule has 0 unspecified atom stereocenters. The number of hydrogen-bond donors (Lipinski definition) is 0. The van der Waals surface area contributed by atoms with E-state index in [2.05, 4.69) is 10.2 Å². The minimum Gasteiger partial charge on any atom is -0.274 e. The zero-order valence-electron chi connectivity index (χ0n) is 15.2. The van der Waals surface area contributed by atoms with Gasteiger partial charge in [0.2, 0.25) is 0 Å². The first kappa shape index (κ1) is 20.6. The summed E-state index contributed by atoms with van der Waals surface area (Å²) in [5, 5.41) is 7.77. The van der Waals surface area contributed by atoms with E-state index in [1.807, 2.05) is 0 Å². The molecule has 8 nitrogen and oxygen atoms in total. The summed E-state index contributed by atoms with van der Waals surface area (Å²) in [4.78, 5) is 0.529. The van der Waals surface area contributed by atoms with Gasteiger partial charge < -0.3 is 0 Å². The first-order valence-corrected chi connectivity index (χ1v) is 11.9. The van der Waals surface area contributed by atoms with Crippen LogP contribution in [0.1, 0.15) is 38.5 Å². The van der Waals surface area contributed by atoms with E-state index in [1.54, 1.807) is 14.1 Å². The molecule has 0 aliphatic carbocycles. The Hall–Kier alpha value is -1.68. The first-order chi connectivity index (χ1) is 12.2. The van der Waals surface area contributed by atoms with Gasteiger partial charge in [-0.1, -0.05) is 25.7 Å². The Morgan fingerprint density at radius 3 is 1.35 bits per heavy atom. The molecule has 0 aromatic carbocycles. The number of sulfone groups is 2. The van der Waals surface area contributed by atoms with Gasteiger partial charge in [-0.25, -0.2) is 16.8 Å². The Balaban J connectivity index is 1.60. The third-order valence-corrected chi connectivity index (χ3v) is 7.67.